The van der Waals surface area contributed by atoms with Crippen molar-refractivity contribution in [2.45, 2.75) is 6.92 Å². The number of amides is 1. The zero-order valence-electron chi connectivity index (χ0n) is 9.37. The van der Waals surface area contributed by atoms with Gasteiger partial charge in [0.25, 0.3) is 0 Å². The molecule has 0 heterocycles. The molecule has 0 bridgehead atoms. The molecular weight excluding hydrogens is 200 g/mol. The molecule has 0 radical (unpaired) electrons. The van der Waals surface area contributed by atoms with Gasteiger partial charge < -0.3 is 10.6 Å². The minimum Gasteiger partial charge on any atom is -0.388 e. The van der Waals surface area contributed by atoms with E-state index in [-0.39, 0.29) is 5.91 Å². The largest absolute Gasteiger partial charge is 0.388 e. The number of hydrogen-bond donors (Lipinski definition) is 2. The SMILES string of the molecule is CNc1cccc2c(NC(C)=O)cccc12. The highest BCUT2D eigenvalue weighted by molar-refractivity contribution is 6.05. The summed E-state index contributed by atoms with van der Waals surface area (Å²) in [7, 11) is 1.89. The van der Waals surface area contributed by atoms with Crippen LogP contribution >= 0.6 is 0 Å². The van der Waals surface area contributed by atoms with Crippen LogP contribution in [0.3, 0.4) is 0 Å². The monoisotopic (exact) mass is 214 g/mol. The van der Waals surface area contributed by atoms with Crippen LogP contribution < -0.4 is 10.6 Å². The van der Waals surface area contributed by atoms with Gasteiger partial charge in [0, 0.05) is 36.1 Å². The first-order valence-electron chi connectivity index (χ1n) is 5.19. The standard InChI is InChI=1S/C13H14N2O/c1-9(16)15-13-8-4-5-10-11(13)6-3-7-12(10)14-2/h3-8,14H,1-2H3,(H,15,16). The van der Waals surface area contributed by atoms with Crippen molar-refractivity contribution in [1.29, 1.82) is 0 Å². The van der Waals surface area contributed by atoms with Gasteiger partial charge in [0.2, 0.25) is 5.91 Å². The van der Waals surface area contributed by atoms with E-state index < -0.39 is 0 Å². The molecule has 3 nitrogen and oxygen atoms in total. The normalized spacial score (nSPS) is 10.1. The van der Waals surface area contributed by atoms with Crippen molar-refractivity contribution in [3.05, 3.63) is 36.4 Å². The fourth-order valence-electron chi connectivity index (χ4n) is 1.83. The van der Waals surface area contributed by atoms with Crippen LogP contribution in [-0.2, 0) is 4.79 Å². The lowest BCUT2D eigenvalue weighted by atomic mass is 10.1. The van der Waals surface area contributed by atoms with E-state index in [1.54, 1.807) is 0 Å². The van der Waals surface area contributed by atoms with Crippen LogP contribution in [0.2, 0.25) is 0 Å². The second-order valence-electron chi connectivity index (χ2n) is 3.64. The van der Waals surface area contributed by atoms with Crippen LogP contribution in [0.25, 0.3) is 10.8 Å². The number of benzene rings is 2. The summed E-state index contributed by atoms with van der Waals surface area (Å²) in [6.07, 6.45) is 0. The summed E-state index contributed by atoms with van der Waals surface area (Å²) in [5.74, 6) is -0.0534. The predicted molar refractivity (Wildman–Crippen MR) is 67.8 cm³/mol. The number of anilines is 2. The molecule has 0 aromatic heterocycles. The predicted octanol–water partition coefficient (Wildman–Crippen LogP) is 2.84. The minimum atomic E-state index is -0.0534. The Kier molecular flexibility index (Phi) is 2.77. The molecule has 0 aliphatic rings. The van der Waals surface area contributed by atoms with E-state index in [4.69, 9.17) is 0 Å². The first kappa shape index (κ1) is 10.5. The molecule has 2 aromatic rings. The van der Waals surface area contributed by atoms with Crippen molar-refractivity contribution < 1.29 is 4.79 Å². The fraction of sp³-hybridized carbons (Fsp3) is 0.154. The molecule has 0 aliphatic heterocycles. The van der Waals surface area contributed by atoms with Crippen LogP contribution in [0.15, 0.2) is 36.4 Å². The number of carbonyl (C=O) groups is 1. The quantitative estimate of drug-likeness (QED) is 0.807. The maximum atomic E-state index is 11.1. The van der Waals surface area contributed by atoms with Crippen molar-refractivity contribution in [2.24, 2.45) is 0 Å². The molecule has 0 unspecified atom stereocenters. The topological polar surface area (TPSA) is 41.1 Å². The van der Waals surface area contributed by atoms with Gasteiger partial charge in [0.15, 0.2) is 0 Å². The maximum Gasteiger partial charge on any atom is 0.221 e. The molecule has 16 heavy (non-hydrogen) atoms. The average molecular weight is 214 g/mol. The van der Waals surface area contributed by atoms with Crippen LogP contribution in [-0.4, -0.2) is 13.0 Å². The second kappa shape index (κ2) is 4.23. The van der Waals surface area contributed by atoms with Crippen LogP contribution in [0.5, 0.6) is 0 Å². The van der Waals surface area contributed by atoms with Crippen LogP contribution in [0, 0.1) is 0 Å². The number of hydrogen-bond acceptors (Lipinski definition) is 2. The Morgan fingerprint density at radius 1 is 1.00 bits per heavy atom. The van der Waals surface area contributed by atoms with Gasteiger partial charge >= 0.3 is 0 Å². The van der Waals surface area contributed by atoms with Crippen molar-refractivity contribution in [2.75, 3.05) is 17.7 Å². The fourth-order valence-corrected chi connectivity index (χ4v) is 1.83. The molecule has 1 amide bonds. The van der Waals surface area contributed by atoms with E-state index in [0.717, 1.165) is 22.1 Å². The lowest BCUT2D eigenvalue weighted by Gasteiger charge is -2.10. The van der Waals surface area contributed by atoms with Gasteiger partial charge in [0.1, 0.15) is 0 Å². The summed E-state index contributed by atoms with van der Waals surface area (Å²) in [5.41, 5.74) is 1.91. The van der Waals surface area contributed by atoms with E-state index in [1.807, 2.05) is 43.4 Å². The minimum absolute atomic E-state index is 0.0534. The summed E-state index contributed by atoms with van der Waals surface area (Å²) in [4.78, 5) is 11.1. The smallest absolute Gasteiger partial charge is 0.221 e. The Morgan fingerprint density at radius 2 is 1.56 bits per heavy atom. The highest BCUT2D eigenvalue weighted by atomic mass is 16.1. The Bertz CT molecular complexity index is 534. The third-order valence-electron chi connectivity index (χ3n) is 2.50. The van der Waals surface area contributed by atoms with E-state index >= 15 is 0 Å². The second-order valence-corrected chi connectivity index (χ2v) is 3.64. The van der Waals surface area contributed by atoms with Gasteiger partial charge in [-0.1, -0.05) is 24.3 Å². The van der Waals surface area contributed by atoms with Gasteiger partial charge in [-0.25, -0.2) is 0 Å². The summed E-state index contributed by atoms with van der Waals surface area (Å²) < 4.78 is 0. The molecule has 2 aromatic carbocycles. The molecule has 3 heteroatoms. The maximum absolute atomic E-state index is 11.1. The van der Waals surface area contributed by atoms with E-state index in [0.29, 0.717) is 0 Å². The number of fused-ring (bicyclic) bond motifs is 1. The lowest BCUT2D eigenvalue weighted by molar-refractivity contribution is -0.114. The Morgan fingerprint density at radius 3 is 2.12 bits per heavy atom. The molecule has 2 rings (SSSR count). The lowest BCUT2D eigenvalue weighted by Crippen LogP contribution is -2.06. The number of nitrogens with one attached hydrogen (secondary N) is 2. The third-order valence-corrected chi connectivity index (χ3v) is 2.50. The van der Waals surface area contributed by atoms with Crippen molar-refractivity contribution in [3.63, 3.8) is 0 Å². The van der Waals surface area contributed by atoms with Crippen LogP contribution in [0.4, 0.5) is 11.4 Å². The molecule has 0 atom stereocenters. The van der Waals surface area contributed by atoms with Crippen molar-refractivity contribution >= 4 is 28.1 Å². The van der Waals surface area contributed by atoms with E-state index in [9.17, 15) is 4.79 Å². The third kappa shape index (κ3) is 1.84. The summed E-state index contributed by atoms with van der Waals surface area (Å²) in [5, 5.41) is 8.12. The van der Waals surface area contributed by atoms with Gasteiger partial charge in [-0.2, -0.15) is 0 Å². The number of rotatable bonds is 2. The molecule has 0 spiro atoms. The van der Waals surface area contributed by atoms with Crippen LogP contribution in [0.1, 0.15) is 6.92 Å². The zero-order chi connectivity index (χ0) is 11.5. The molecule has 0 fully saturated rings. The van der Waals surface area contributed by atoms with Gasteiger partial charge in [-0.15, -0.1) is 0 Å². The van der Waals surface area contributed by atoms with Gasteiger partial charge in [0.05, 0.1) is 0 Å². The Hall–Kier alpha value is -2.03. The highest BCUT2D eigenvalue weighted by Crippen LogP contribution is 2.28. The average Bonchev–Trinajstić information content (AvgIpc) is 2.28. The number of carbonyl (C=O) groups excluding carboxylic acids is 1. The van der Waals surface area contributed by atoms with Crippen molar-refractivity contribution in [3.8, 4) is 0 Å². The van der Waals surface area contributed by atoms with Crippen molar-refractivity contribution in [1.82, 2.24) is 0 Å². The molecule has 0 saturated carbocycles. The van der Waals surface area contributed by atoms with E-state index in [1.165, 1.54) is 6.92 Å². The van der Waals surface area contributed by atoms with E-state index in [2.05, 4.69) is 10.6 Å². The Balaban J connectivity index is 2.64. The van der Waals surface area contributed by atoms with Gasteiger partial charge in [-0.3, -0.25) is 4.79 Å². The zero-order valence-corrected chi connectivity index (χ0v) is 9.37. The molecule has 2 N–H and O–H groups in total. The molecular formula is C13H14N2O. The molecule has 82 valence electrons. The van der Waals surface area contributed by atoms with Gasteiger partial charge in [-0.05, 0) is 12.1 Å². The first-order valence-corrected chi connectivity index (χ1v) is 5.19. The first-order chi connectivity index (χ1) is 7.72. The summed E-state index contributed by atoms with van der Waals surface area (Å²) in [6.45, 7) is 1.51. The Labute approximate surface area is 94.5 Å². The summed E-state index contributed by atoms with van der Waals surface area (Å²) >= 11 is 0. The summed E-state index contributed by atoms with van der Waals surface area (Å²) in [6, 6.07) is 11.9. The molecule has 0 saturated heterocycles. The highest BCUT2D eigenvalue weighted by Gasteiger charge is 2.04. The molecule has 0 aliphatic carbocycles.